The van der Waals surface area contributed by atoms with Crippen LogP contribution in [0.4, 0.5) is 0 Å². The third-order valence-electron chi connectivity index (χ3n) is 2.09. The molecule has 7 heteroatoms. The number of phosphoric acid groups is 1. The van der Waals surface area contributed by atoms with Crippen molar-refractivity contribution in [3.05, 3.63) is 60.7 Å². The van der Waals surface area contributed by atoms with Gasteiger partial charge in [-0.1, -0.05) is 36.4 Å². The highest BCUT2D eigenvalue weighted by atomic mass is 31.2. The van der Waals surface area contributed by atoms with E-state index in [2.05, 4.69) is 9.56 Å². The lowest BCUT2D eigenvalue weighted by molar-refractivity contribution is -0.153. The van der Waals surface area contributed by atoms with Crippen molar-refractivity contribution in [3.63, 3.8) is 0 Å². The minimum Gasteiger partial charge on any atom is -0.393 e. The zero-order valence-corrected chi connectivity index (χ0v) is 11.1. The van der Waals surface area contributed by atoms with E-state index >= 15 is 0 Å². The third kappa shape index (κ3) is 4.02. The summed E-state index contributed by atoms with van der Waals surface area (Å²) in [5.74, 6) is 0.515. The van der Waals surface area contributed by atoms with Gasteiger partial charge in [0, 0.05) is 0 Å². The van der Waals surface area contributed by atoms with Crippen LogP contribution in [0.3, 0.4) is 0 Å². The Morgan fingerprint density at radius 2 is 1.30 bits per heavy atom. The molecule has 0 amide bonds. The Morgan fingerprint density at radius 3 is 1.70 bits per heavy atom. The number of hydrogen-bond donors (Lipinski definition) is 0. The minimum atomic E-state index is -4.12. The van der Waals surface area contributed by atoms with Gasteiger partial charge < -0.3 is 9.05 Å². The molecule has 102 valence electrons. The Bertz CT molecular complexity index is 581. The van der Waals surface area contributed by atoms with Gasteiger partial charge in [-0.25, -0.2) is 9.45 Å². The summed E-state index contributed by atoms with van der Waals surface area (Å²) < 4.78 is 27.1. The summed E-state index contributed by atoms with van der Waals surface area (Å²) in [6.07, 6.45) is 1.24. The number of hydrogen-bond acceptors (Lipinski definition) is 6. The van der Waals surface area contributed by atoms with Gasteiger partial charge in [-0.3, -0.25) is 0 Å². The molecule has 0 heterocycles. The van der Waals surface area contributed by atoms with Crippen LogP contribution >= 0.6 is 7.82 Å². The normalized spacial score (nSPS) is 10.3. The Balaban J connectivity index is 2.17. The first-order chi connectivity index (χ1) is 9.72. The highest BCUT2D eigenvalue weighted by molar-refractivity contribution is 7.49. The molecule has 0 N–H and O–H groups in total. The maximum Gasteiger partial charge on any atom is 0.625 e. The highest BCUT2D eigenvalue weighted by Gasteiger charge is 2.33. The van der Waals surface area contributed by atoms with Crippen molar-refractivity contribution in [2.75, 3.05) is 0 Å². The predicted molar refractivity (Wildman–Crippen MR) is 69.5 cm³/mol. The molecule has 0 radical (unpaired) electrons. The second-order valence-electron chi connectivity index (χ2n) is 3.51. The first-order valence-corrected chi connectivity index (χ1v) is 7.01. The van der Waals surface area contributed by atoms with Crippen molar-refractivity contribution < 1.29 is 23.2 Å². The fourth-order valence-corrected chi connectivity index (χ4v) is 2.31. The first kappa shape index (κ1) is 13.9. The highest BCUT2D eigenvalue weighted by Crippen LogP contribution is 2.49. The molecule has 2 aromatic carbocycles. The summed E-state index contributed by atoms with van der Waals surface area (Å²) in [7, 11) is -4.12. The van der Waals surface area contributed by atoms with E-state index < -0.39 is 7.82 Å². The van der Waals surface area contributed by atoms with Crippen molar-refractivity contribution in [2.24, 2.45) is 0 Å². The molecule has 0 saturated heterocycles. The molecule has 0 aliphatic rings. The zero-order chi connectivity index (χ0) is 14.3. The van der Waals surface area contributed by atoms with Gasteiger partial charge in [0.15, 0.2) is 0 Å². The standard InChI is InChI=1S/C13H10NO5P/c14-11-16-19-20(15,17-12-7-3-1-4-8-12)18-13-9-5-2-6-10-13/h1-10H. The molecule has 6 nitrogen and oxygen atoms in total. The van der Waals surface area contributed by atoms with Crippen molar-refractivity contribution in [1.29, 1.82) is 5.26 Å². The van der Waals surface area contributed by atoms with E-state index in [-0.39, 0.29) is 11.5 Å². The number of rotatable bonds is 6. The van der Waals surface area contributed by atoms with Crippen LogP contribution in [0.25, 0.3) is 0 Å². The van der Waals surface area contributed by atoms with Crippen LogP contribution in [-0.2, 0) is 14.1 Å². The van der Waals surface area contributed by atoms with Crippen molar-refractivity contribution in [1.82, 2.24) is 0 Å². The predicted octanol–water partition coefficient (Wildman–Crippen LogP) is 3.68. The van der Waals surface area contributed by atoms with Gasteiger partial charge in [-0.2, -0.15) is 0 Å². The van der Waals surface area contributed by atoms with E-state index in [4.69, 9.17) is 14.3 Å². The summed E-state index contributed by atoms with van der Waals surface area (Å²) in [5.41, 5.74) is 0. The molecule has 0 spiro atoms. The lowest BCUT2D eigenvalue weighted by Crippen LogP contribution is -2.04. The Labute approximate surface area is 115 Å². The topological polar surface area (TPSA) is 77.8 Å². The Hall–Kier alpha value is -2.48. The van der Waals surface area contributed by atoms with Crippen LogP contribution in [0.1, 0.15) is 0 Å². The van der Waals surface area contributed by atoms with Crippen LogP contribution < -0.4 is 9.05 Å². The van der Waals surface area contributed by atoms with Gasteiger partial charge in [-0.15, -0.1) is 5.26 Å². The molecule has 0 unspecified atom stereocenters. The van der Waals surface area contributed by atoms with Gasteiger partial charge in [0.2, 0.25) is 0 Å². The molecule has 0 aliphatic heterocycles. The second-order valence-corrected chi connectivity index (χ2v) is 4.91. The van der Waals surface area contributed by atoms with Gasteiger partial charge in [0.05, 0.1) is 0 Å². The lowest BCUT2D eigenvalue weighted by atomic mass is 10.3. The zero-order valence-electron chi connectivity index (χ0n) is 10.2. The van der Waals surface area contributed by atoms with Crippen molar-refractivity contribution in [2.45, 2.75) is 0 Å². The van der Waals surface area contributed by atoms with Gasteiger partial charge in [0.1, 0.15) is 11.5 Å². The Kier molecular flexibility index (Phi) is 4.61. The number of para-hydroxylation sites is 2. The summed E-state index contributed by atoms with van der Waals surface area (Å²) in [5, 5.41) is 8.33. The van der Waals surface area contributed by atoms with E-state index in [1.807, 2.05) is 0 Å². The Morgan fingerprint density at radius 1 is 0.850 bits per heavy atom. The second kappa shape index (κ2) is 6.62. The summed E-state index contributed by atoms with van der Waals surface area (Å²) in [6.45, 7) is 0. The largest absolute Gasteiger partial charge is 0.625 e. The third-order valence-corrected chi connectivity index (χ3v) is 3.21. The fraction of sp³-hybridized carbons (Fsp3) is 0. The van der Waals surface area contributed by atoms with Crippen LogP contribution in [0, 0.1) is 11.5 Å². The minimum absolute atomic E-state index is 0.258. The molecule has 2 rings (SSSR count). The van der Waals surface area contributed by atoms with E-state index in [0.717, 1.165) is 0 Å². The molecule has 20 heavy (non-hydrogen) atoms. The molecule has 0 atom stereocenters. The summed E-state index contributed by atoms with van der Waals surface area (Å²) in [4.78, 5) is 4.04. The fourth-order valence-electron chi connectivity index (χ4n) is 1.33. The van der Waals surface area contributed by atoms with E-state index in [1.54, 1.807) is 60.7 Å². The maximum atomic E-state index is 12.4. The van der Waals surface area contributed by atoms with Crippen LogP contribution in [0.15, 0.2) is 60.7 Å². The monoisotopic (exact) mass is 291 g/mol. The van der Waals surface area contributed by atoms with Gasteiger partial charge in [-0.05, 0) is 28.9 Å². The molecular weight excluding hydrogens is 281 g/mol. The lowest BCUT2D eigenvalue weighted by Gasteiger charge is -2.15. The molecule has 0 aromatic heterocycles. The van der Waals surface area contributed by atoms with E-state index in [1.165, 1.54) is 6.26 Å². The molecular formula is C13H10NO5P. The van der Waals surface area contributed by atoms with Crippen LogP contribution in [0.5, 0.6) is 11.5 Å². The SMILES string of the molecule is N#COOP(=O)(Oc1ccccc1)Oc1ccccc1. The number of phosphoric ester groups is 1. The van der Waals surface area contributed by atoms with Gasteiger partial charge in [0.25, 0.3) is 0 Å². The van der Waals surface area contributed by atoms with E-state index in [0.29, 0.717) is 0 Å². The summed E-state index contributed by atoms with van der Waals surface area (Å²) >= 11 is 0. The molecule has 0 fully saturated rings. The van der Waals surface area contributed by atoms with E-state index in [9.17, 15) is 4.57 Å². The average molecular weight is 291 g/mol. The van der Waals surface area contributed by atoms with Crippen LogP contribution in [0.2, 0.25) is 0 Å². The maximum absolute atomic E-state index is 12.4. The van der Waals surface area contributed by atoms with Crippen molar-refractivity contribution in [3.8, 4) is 17.8 Å². The molecule has 0 aliphatic carbocycles. The molecule has 0 saturated carbocycles. The van der Waals surface area contributed by atoms with Gasteiger partial charge >= 0.3 is 14.1 Å². The number of benzene rings is 2. The molecule has 0 bridgehead atoms. The number of nitrogens with zero attached hydrogens (tertiary/aromatic N) is 1. The quantitative estimate of drug-likeness (QED) is 0.349. The molecule has 2 aromatic rings. The first-order valence-electron chi connectivity index (χ1n) is 5.55. The smallest absolute Gasteiger partial charge is 0.393 e. The van der Waals surface area contributed by atoms with Crippen molar-refractivity contribution >= 4 is 7.82 Å². The summed E-state index contributed by atoms with van der Waals surface area (Å²) in [6, 6.07) is 16.5. The number of nitriles is 1. The average Bonchev–Trinajstić information content (AvgIpc) is 2.47. The van der Waals surface area contributed by atoms with Crippen LogP contribution in [-0.4, -0.2) is 0 Å².